The Morgan fingerprint density at radius 3 is 2.86 bits per heavy atom. The third kappa shape index (κ3) is 3.94. The summed E-state index contributed by atoms with van der Waals surface area (Å²) in [7, 11) is -3.93. The fourth-order valence-corrected chi connectivity index (χ4v) is 2.94. The monoisotopic (exact) mass is 319 g/mol. The van der Waals surface area contributed by atoms with Gasteiger partial charge in [0.15, 0.2) is 0 Å². The summed E-state index contributed by atoms with van der Waals surface area (Å²) in [6, 6.07) is 2.28. The molecule has 21 heavy (non-hydrogen) atoms. The third-order valence-corrected chi connectivity index (χ3v) is 4.37. The topological polar surface area (TPSA) is 111 Å². The molecule has 0 spiro atoms. The van der Waals surface area contributed by atoms with E-state index in [9.17, 15) is 22.9 Å². The third-order valence-electron chi connectivity index (χ3n) is 2.94. The maximum absolute atomic E-state index is 13.5. The van der Waals surface area contributed by atoms with Crippen LogP contribution in [0.4, 0.5) is 10.1 Å². The quantitative estimate of drug-likeness (QED) is 0.584. The maximum atomic E-state index is 13.5. The lowest BCUT2D eigenvalue weighted by molar-refractivity contribution is -0.387. The Morgan fingerprint density at radius 1 is 1.52 bits per heavy atom. The van der Waals surface area contributed by atoms with Crippen LogP contribution in [0.2, 0.25) is 0 Å². The first-order valence-electron chi connectivity index (χ1n) is 6.15. The highest BCUT2D eigenvalue weighted by atomic mass is 32.2. The van der Waals surface area contributed by atoms with Crippen molar-refractivity contribution in [1.29, 1.82) is 0 Å². The highest BCUT2D eigenvalue weighted by molar-refractivity contribution is 7.89. The molecule has 1 aliphatic heterocycles. The molecule has 1 aliphatic rings. The van der Waals surface area contributed by atoms with Gasteiger partial charge >= 0.3 is 5.69 Å². The van der Waals surface area contributed by atoms with Crippen LogP contribution in [0.15, 0.2) is 23.1 Å². The fraction of sp³-hybridized carbons (Fsp3) is 0.455. The van der Waals surface area contributed by atoms with Crippen molar-refractivity contribution in [2.45, 2.75) is 10.9 Å². The lowest BCUT2D eigenvalue weighted by atomic mass is 10.3. The van der Waals surface area contributed by atoms with Crippen LogP contribution >= 0.6 is 0 Å². The van der Waals surface area contributed by atoms with E-state index in [4.69, 9.17) is 4.74 Å². The molecule has 1 unspecified atom stereocenters. The van der Waals surface area contributed by atoms with Crippen molar-refractivity contribution in [3.8, 4) is 0 Å². The number of nitrogens with one attached hydrogen (secondary N) is 2. The van der Waals surface area contributed by atoms with E-state index in [0.717, 1.165) is 12.1 Å². The van der Waals surface area contributed by atoms with Gasteiger partial charge in [-0.25, -0.2) is 13.1 Å². The summed E-state index contributed by atoms with van der Waals surface area (Å²) in [6.45, 7) is 1.65. The van der Waals surface area contributed by atoms with Crippen molar-refractivity contribution in [3.05, 3.63) is 34.1 Å². The average molecular weight is 319 g/mol. The van der Waals surface area contributed by atoms with Gasteiger partial charge in [-0.05, 0) is 6.07 Å². The van der Waals surface area contributed by atoms with Gasteiger partial charge in [0.2, 0.25) is 15.8 Å². The predicted octanol–water partition coefficient (Wildman–Crippen LogP) is 0.000600. The van der Waals surface area contributed by atoms with Crippen LogP contribution in [0, 0.1) is 15.9 Å². The van der Waals surface area contributed by atoms with E-state index in [1.165, 1.54) is 0 Å². The van der Waals surface area contributed by atoms with Crippen LogP contribution in [-0.4, -0.2) is 45.7 Å². The highest BCUT2D eigenvalue weighted by Gasteiger charge is 2.22. The van der Waals surface area contributed by atoms with E-state index in [2.05, 4.69) is 10.0 Å². The van der Waals surface area contributed by atoms with E-state index in [1.54, 1.807) is 0 Å². The van der Waals surface area contributed by atoms with Gasteiger partial charge in [-0.3, -0.25) is 10.1 Å². The number of ether oxygens (including phenoxy) is 1. The zero-order chi connectivity index (χ0) is 15.5. The first-order valence-corrected chi connectivity index (χ1v) is 7.63. The van der Waals surface area contributed by atoms with Crippen molar-refractivity contribution >= 4 is 15.7 Å². The van der Waals surface area contributed by atoms with Crippen molar-refractivity contribution in [1.82, 2.24) is 10.0 Å². The lowest BCUT2D eigenvalue weighted by Gasteiger charge is -2.23. The van der Waals surface area contributed by atoms with Gasteiger partial charge in [0.25, 0.3) is 0 Å². The highest BCUT2D eigenvalue weighted by Crippen LogP contribution is 2.20. The molecule has 1 aromatic carbocycles. The minimum Gasteiger partial charge on any atom is -0.378 e. The molecule has 8 nitrogen and oxygen atoms in total. The van der Waals surface area contributed by atoms with Gasteiger partial charge < -0.3 is 10.1 Å². The Morgan fingerprint density at radius 2 is 2.29 bits per heavy atom. The van der Waals surface area contributed by atoms with E-state index in [1.807, 2.05) is 0 Å². The summed E-state index contributed by atoms with van der Waals surface area (Å²) in [5, 5.41) is 13.6. The second-order valence-corrected chi connectivity index (χ2v) is 6.22. The van der Waals surface area contributed by atoms with Gasteiger partial charge in [-0.15, -0.1) is 0 Å². The number of nitrogens with zero attached hydrogens (tertiary/aromatic N) is 1. The first kappa shape index (κ1) is 15.8. The zero-order valence-electron chi connectivity index (χ0n) is 10.9. The van der Waals surface area contributed by atoms with Gasteiger partial charge in [0.1, 0.15) is 0 Å². The summed E-state index contributed by atoms with van der Waals surface area (Å²) in [5.74, 6) is -1.19. The second-order valence-electron chi connectivity index (χ2n) is 4.45. The van der Waals surface area contributed by atoms with Gasteiger partial charge in [-0.1, -0.05) is 0 Å². The molecule has 10 heteroatoms. The molecule has 116 valence electrons. The van der Waals surface area contributed by atoms with Crippen LogP contribution in [0.25, 0.3) is 0 Å². The number of benzene rings is 1. The minimum absolute atomic E-state index is 0.0843. The average Bonchev–Trinajstić information content (AvgIpc) is 2.46. The molecule has 2 rings (SSSR count). The molecule has 1 heterocycles. The van der Waals surface area contributed by atoms with E-state index < -0.39 is 26.5 Å². The molecule has 2 N–H and O–H groups in total. The number of rotatable bonds is 5. The van der Waals surface area contributed by atoms with Crippen LogP contribution in [0.5, 0.6) is 0 Å². The van der Waals surface area contributed by atoms with Gasteiger partial charge in [0.05, 0.1) is 23.0 Å². The van der Waals surface area contributed by atoms with E-state index in [0.29, 0.717) is 25.8 Å². The number of hydrogen-bond donors (Lipinski definition) is 2. The molecule has 0 aliphatic carbocycles. The van der Waals surface area contributed by atoms with Crippen molar-refractivity contribution in [2.75, 3.05) is 26.3 Å². The Kier molecular flexibility index (Phi) is 4.83. The number of sulfonamides is 1. The van der Waals surface area contributed by atoms with Crippen molar-refractivity contribution < 1.29 is 22.5 Å². The summed E-state index contributed by atoms with van der Waals surface area (Å²) in [4.78, 5) is 9.22. The summed E-state index contributed by atoms with van der Waals surface area (Å²) >= 11 is 0. The maximum Gasteiger partial charge on any atom is 0.304 e. The molecule has 1 aromatic rings. The standard InChI is InChI=1S/C11H14FN3O5S/c12-10-5-9(1-2-11(10)15(16)17)21(18,19)14-6-8-7-20-4-3-13-8/h1-2,5,8,13-14H,3-4,6-7H2. The Bertz CT molecular complexity index is 631. The minimum atomic E-state index is -3.93. The number of morpholine rings is 1. The van der Waals surface area contributed by atoms with Crippen LogP contribution in [0.1, 0.15) is 0 Å². The molecular formula is C11H14FN3O5S. The largest absolute Gasteiger partial charge is 0.378 e. The molecule has 0 radical (unpaired) electrons. The molecule has 1 atom stereocenters. The molecule has 1 saturated heterocycles. The number of nitro benzene ring substituents is 1. The first-order chi connectivity index (χ1) is 9.90. The predicted molar refractivity (Wildman–Crippen MR) is 70.9 cm³/mol. The summed E-state index contributed by atoms with van der Waals surface area (Å²) < 4.78 is 44.9. The molecule has 0 bridgehead atoms. The number of hydrogen-bond acceptors (Lipinski definition) is 6. The van der Waals surface area contributed by atoms with Crippen molar-refractivity contribution in [3.63, 3.8) is 0 Å². The van der Waals surface area contributed by atoms with E-state index >= 15 is 0 Å². The summed E-state index contributed by atoms with van der Waals surface area (Å²) in [6.07, 6.45) is 0. The molecule has 0 saturated carbocycles. The van der Waals surface area contributed by atoms with Gasteiger partial charge in [-0.2, -0.15) is 4.39 Å². The molecule has 1 fully saturated rings. The number of halogens is 1. The normalized spacial score (nSPS) is 19.4. The Balaban J connectivity index is 2.08. The molecular weight excluding hydrogens is 305 g/mol. The zero-order valence-corrected chi connectivity index (χ0v) is 11.7. The summed E-state index contributed by atoms with van der Waals surface area (Å²) in [5.41, 5.74) is -0.767. The fourth-order valence-electron chi connectivity index (χ4n) is 1.85. The van der Waals surface area contributed by atoms with Crippen molar-refractivity contribution in [2.24, 2.45) is 0 Å². The molecule has 0 aromatic heterocycles. The van der Waals surface area contributed by atoms with Gasteiger partial charge in [0, 0.05) is 31.3 Å². The van der Waals surface area contributed by atoms with E-state index in [-0.39, 0.29) is 17.5 Å². The van der Waals surface area contributed by atoms with Crippen LogP contribution < -0.4 is 10.0 Å². The van der Waals surface area contributed by atoms with Crippen LogP contribution in [0.3, 0.4) is 0 Å². The lowest BCUT2D eigenvalue weighted by Crippen LogP contribution is -2.48. The molecule has 0 amide bonds. The number of nitro groups is 1. The van der Waals surface area contributed by atoms with Crippen LogP contribution in [-0.2, 0) is 14.8 Å². The SMILES string of the molecule is O=[N+]([O-])c1ccc(S(=O)(=O)NCC2COCCN2)cc1F. The Labute approximate surface area is 120 Å². The second kappa shape index (κ2) is 6.43. The smallest absolute Gasteiger partial charge is 0.304 e. The Hall–Kier alpha value is -1.62.